The van der Waals surface area contributed by atoms with E-state index in [-0.39, 0.29) is 28.9 Å². The minimum absolute atomic E-state index is 0.0405. The van der Waals surface area contributed by atoms with Crippen LogP contribution in [0.2, 0.25) is 0 Å². The molecule has 27 heavy (non-hydrogen) atoms. The molecule has 1 spiro atoms. The van der Waals surface area contributed by atoms with Crippen LogP contribution in [-0.4, -0.2) is 42.1 Å². The lowest BCUT2D eigenvalue weighted by atomic mass is 9.68. The molecule has 5 nitrogen and oxygen atoms in total. The number of benzene rings is 1. The van der Waals surface area contributed by atoms with Crippen molar-refractivity contribution in [2.24, 2.45) is 11.8 Å². The lowest BCUT2D eigenvalue weighted by Gasteiger charge is -2.43. The second kappa shape index (κ2) is 4.86. The van der Waals surface area contributed by atoms with Gasteiger partial charge in [-0.25, -0.2) is 4.79 Å². The summed E-state index contributed by atoms with van der Waals surface area (Å²) < 4.78 is 5.03. The molecule has 3 saturated carbocycles. The Bertz CT molecular complexity index is 838. The monoisotopic (exact) mass is 366 g/mol. The van der Waals surface area contributed by atoms with Crippen molar-refractivity contribution in [1.82, 2.24) is 10.2 Å². The van der Waals surface area contributed by atoms with Crippen molar-refractivity contribution in [3.8, 4) is 0 Å². The Morgan fingerprint density at radius 2 is 1.85 bits per heavy atom. The first kappa shape index (κ1) is 16.0. The molecule has 2 saturated heterocycles. The van der Waals surface area contributed by atoms with Crippen molar-refractivity contribution < 1.29 is 14.3 Å². The Hall–Kier alpha value is -2.04. The van der Waals surface area contributed by atoms with Crippen molar-refractivity contribution in [3.63, 3.8) is 0 Å². The molecule has 2 heterocycles. The van der Waals surface area contributed by atoms with Crippen LogP contribution in [0.1, 0.15) is 50.2 Å². The highest BCUT2D eigenvalue weighted by molar-refractivity contribution is 5.82. The Morgan fingerprint density at radius 3 is 2.48 bits per heavy atom. The molecular formula is C22H26N2O3. The van der Waals surface area contributed by atoms with Gasteiger partial charge in [-0.3, -0.25) is 4.79 Å². The average molecular weight is 366 g/mol. The molecule has 2 aliphatic heterocycles. The van der Waals surface area contributed by atoms with Crippen LogP contribution in [0.5, 0.6) is 0 Å². The van der Waals surface area contributed by atoms with E-state index in [4.69, 9.17) is 4.74 Å². The lowest BCUT2D eigenvalue weighted by molar-refractivity contribution is -0.140. The SMILES string of the molecule is CC1(c2ccc(C34CC3CN(C(=O)C3CC5(COC(=O)N5)C3)C4)cc2)CC1. The van der Waals surface area contributed by atoms with Crippen LogP contribution >= 0.6 is 0 Å². The van der Waals surface area contributed by atoms with Crippen molar-refractivity contribution >= 4 is 12.0 Å². The molecule has 1 aromatic carbocycles. The quantitative estimate of drug-likeness (QED) is 0.895. The highest BCUT2D eigenvalue weighted by Gasteiger charge is 2.63. The minimum atomic E-state index is -0.342. The third-order valence-corrected chi connectivity index (χ3v) is 8.08. The highest BCUT2D eigenvalue weighted by atomic mass is 16.6. The summed E-state index contributed by atoms with van der Waals surface area (Å²) in [5.74, 6) is 0.932. The van der Waals surface area contributed by atoms with Gasteiger partial charge in [-0.1, -0.05) is 31.2 Å². The van der Waals surface area contributed by atoms with Crippen molar-refractivity contribution in [1.29, 1.82) is 0 Å². The molecule has 1 N–H and O–H groups in total. The van der Waals surface area contributed by atoms with E-state index in [1.165, 1.54) is 30.4 Å². The fourth-order valence-electron chi connectivity index (χ4n) is 5.81. The van der Waals surface area contributed by atoms with Crippen LogP contribution in [-0.2, 0) is 20.4 Å². The maximum Gasteiger partial charge on any atom is 0.407 e. The van der Waals surface area contributed by atoms with Crippen LogP contribution < -0.4 is 5.32 Å². The summed E-state index contributed by atoms with van der Waals surface area (Å²) in [5, 5.41) is 2.88. The van der Waals surface area contributed by atoms with E-state index in [0.29, 0.717) is 17.9 Å². The molecule has 2 unspecified atom stereocenters. The number of amides is 2. The molecule has 0 bridgehead atoms. The van der Waals surface area contributed by atoms with Gasteiger partial charge in [-0.2, -0.15) is 0 Å². The normalized spacial score (nSPS) is 40.2. The topological polar surface area (TPSA) is 58.6 Å². The number of hydrogen-bond donors (Lipinski definition) is 1. The molecule has 5 heteroatoms. The lowest BCUT2D eigenvalue weighted by Crippen LogP contribution is -2.58. The fourth-order valence-corrected chi connectivity index (χ4v) is 5.81. The zero-order valence-corrected chi connectivity index (χ0v) is 15.8. The smallest absolute Gasteiger partial charge is 0.407 e. The van der Waals surface area contributed by atoms with E-state index in [9.17, 15) is 9.59 Å². The number of carbonyl (C=O) groups excluding carboxylic acids is 2. The maximum atomic E-state index is 13.0. The van der Waals surface area contributed by atoms with Gasteiger partial charge >= 0.3 is 6.09 Å². The van der Waals surface area contributed by atoms with E-state index in [2.05, 4.69) is 41.4 Å². The van der Waals surface area contributed by atoms with Crippen molar-refractivity contribution in [2.75, 3.05) is 19.7 Å². The van der Waals surface area contributed by atoms with Crippen LogP contribution in [0.4, 0.5) is 4.79 Å². The Kier molecular flexibility index (Phi) is 2.88. The largest absolute Gasteiger partial charge is 0.447 e. The van der Waals surface area contributed by atoms with E-state index in [0.717, 1.165) is 25.9 Å². The number of piperidine rings is 1. The number of carbonyl (C=O) groups is 2. The summed E-state index contributed by atoms with van der Waals surface area (Å²) in [6.45, 7) is 4.51. The maximum absolute atomic E-state index is 13.0. The molecule has 142 valence electrons. The number of likely N-dealkylation sites (tertiary alicyclic amines) is 1. The summed E-state index contributed by atoms with van der Waals surface area (Å²) in [5.41, 5.74) is 3.22. The Labute approximate surface area is 159 Å². The number of rotatable bonds is 3. The van der Waals surface area contributed by atoms with Crippen LogP contribution in [0.15, 0.2) is 24.3 Å². The van der Waals surface area contributed by atoms with Gasteiger partial charge in [-0.15, -0.1) is 0 Å². The number of fused-ring (bicyclic) bond motifs is 1. The van der Waals surface area contributed by atoms with Gasteiger partial charge in [0.1, 0.15) is 6.61 Å². The van der Waals surface area contributed by atoms with Gasteiger partial charge < -0.3 is 15.0 Å². The first-order valence-corrected chi connectivity index (χ1v) is 10.3. The van der Waals surface area contributed by atoms with Gasteiger partial charge in [0.15, 0.2) is 0 Å². The Morgan fingerprint density at radius 1 is 1.15 bits per heavy atom. The molecule has 0 aromatic heterocycles. The van der Waals surface area contributed by atoms with Gasteiger partial charge in [0, 0.05) is 24.4 Å². The number of cyclic esters (lactones) is 1. The summed E-state index contributed by atoms with van der Waals surface area (Å²) in [6, 6.07) is 9.26. The van der Waals surface area contributed by atoms with Gasteiger partial charge in [0.2, 0.25) is 5.91 Å². The molecule has 6 rings (SSSR count). The third kappa shape index (κ3) is 2.23. The fraction of sp³-hybridized carbons (Fsp3) is 0.636. The predicted octanol–water partition coefficient (Wildman–Crippen LogP) is 2.73. The number of nitrogens with one attached hydrogen (secondary N) is 1. The zero-order chi connectivity index (χ0) is 18.4. The van der Waals surface area contributed by atoms with E-state index < -0.39 is 0 Å². The second-order valence-corrected chi connectivity index (χ2v) is 10.0. The molecule has 5 fully saturated rings. The summed E-state index contributed by atoms with van der Waals surface area (Å²) in [7, 11) is 0. The Balaban J connectivity index is 1.13. The molecule has 1 aromatic rings. The van der Waals surface area contributed by atoms with E-state index in [1.54, 1.807) is 0 Å². The first-order chi connectivity index (χ1) is 12.9. The third-order valence-electron chi connectivity index (χ3n) is 8.08. The number of ether oxygens (including phenoxy) is 1. The highest BCUT2D eigenvalue weighted by Crippen LogP contribution is 2.60. The summed E-state index contributed by atoms with van der Waals surface area (Å²) in [4.78, 5) is 26.3. The number of alkyl carbamates (subject to hydrolysis) is 1. The molecular weight excluding hydrogens is 340 g/mol. The van der Waals surface area contributed by atoms with Gasteiger partial charge in [0.05, 0.1) is 5.54 Å². The van der Waals surface area contributed by atoms with Crippen molar-refractivity contribution in [2.45, 2.75) is 55.4 Å². The van der Waals surface area contributed by atoms with Crippen molar-refractivity contribution in [3.05, 3.63) is 35.4 Å². The van der Waals surface area contributed by atoms with Gasteiger partial charge in [-0.05, 0) is 54.6 Å². The zero-order valence-electron chi connectivity index (χ0n) is 15.8. The first-order valence-electron chi connectivity index (χ1n) is 10.3. The van der Waals surface area contributed by atoms with Crippen LogP contribution in [0.3, 0.4) is 0 Å². The molecule has 5 aliphatic rings. The molecule has 2 atom stereocenters. The van der Waals surface area contributed by atoms with E-state index in [1.807, 2.05) is 0 Å². The second-order valence-electron chi connectivity index (χ2n) is 10.0. The molecule has 3 aliphatic carbocycles. The average Bonchev–Trinajstić information content (AvgIpc) is 3.46. The molecule has 0 radical (unpaired) electrons. The van der Waals surface area contributed by atoms with Crippen LogP contribution in [0.25, 0.3) is 0 Å². The minimum Gasteiger partial charge on any atom is -0.447 e. The standard InChI is InChI=1S/C22H26N2O3/c1-20(6-7-20)15-2-4-16(5-3-15)22-10-17(22)11-24(12-22)18(25)14-8-21(9-14)13-27-19(26)23-21/h2-5,14,17H,6-13H2,1H3,(H,23,26). The summed E-state index contributed by atoms with van der Waals surface area (Å²) >= 11 is 0. The van der Waals surface area contributed by atoms with E-state index >= 15 is 0 Å². The molecule has 2 amide bonds. The number of nitrogens with zero attached hydrogens (tertiary/aromatic N) is 1. The number of hydrogen-bond acceptors (Lipinski definition) is 3. The van der Waals surface area contributed by atoms with Gasteiger partial charge in [0.25, 0.3) is 0 Å². The summed E-state index contributed by atoms with van der Waals surface area (Å²) in [6.07, 6.45) is 4.92. The predicted molar refractivity (Wildman–Crippen MR) is 99.3 cm³/mol. The van der Waals surface area contributed by atoms with Crippen LogP contribution in [0, 0.1) is 11.8 Å².